The molecule has 0 aliphatic carbocycles. The van der Waals surface area contributed by atoms with Gasteiger partial charge in [0, 0.05) is 42.4 Å². The van der Waals surface area contributed by atoms with E-state index in [0.717, 1.165) is 31.1 Å². The lowest BCUT2D eigenvalue weighted by atomic mass is 10.2. The van der Waals surface area contributed by atoms with Crippen molar-refractivity contribution in [3.8, 4) is 0 Å². The summed E-state index contributed by atoms with van der Waals surface area (Å²) in [6, 6.07) is 7.76. The lowest BCUT2D eigenvalue weighted by Gasteiger charge is -2.25. The summed E-state index contributed by atoms with van der Waals surface area (Å²) in [7, 11) is 0. The summed E-state index contributed by atoms with van der Waals surface area (Å²) >= 11 is 10.7. The summed E-state index contributed by atoms with van der Waals surface area (Å²) in [5.74, 6) is 0.556. The Kier molecular flexibility index (Phi) is 22.4. The van der Waals surface area contributed by atoms with Crippen molar-refractivity contribution < 1.29 is 0 Å². The van der Waals surface area contributed by atoms with Crippen LogP contribution >= 0.6 is 23.2 Å². The third-order valence-electron chi connectivity index (χ3n) is 3.41. The molecule has 2 rings (SSSR count). The molecule has 1 aliphatic rings. The van der Waals surface area contributed by atoms with Gasteiger partial charge in [-0.1, -0.05) is 61.9 Å². The van der Waals surface area contributed by atoms with Gasteiger partial charge in [-0.3, -0.25) is 0 Å². The summed E-state index contributed by atoms with van der Waals surface area (Å²) in [5, 5.41) is 4.13. The largest absolute Gasteiger partial charge is 0.352 e. The SMILES string of the molecule is C/C=C/C=C/N(CC)C1=CCNCC1.C=CCCl.CC.Cc1cccc(Cl)c1. The first-order valence-corrected chi connectivity index (χ1v) is 10.8. The maximum absolute atomic E-state index is 5.64. The summed E-state index contributed by atoms with van der Waals surface area (Å²) in [6.45, 7) is 16.7. The van der Waals surface area contributed by atoms with E-state index >= 15 is 0 Å². The van der Waals surface area contributed by atoms with Crippen molar-refractivity contribution in [2.75, 3.05) is 25.5 Å². The Hall–Kier alpha value is -1.48. The van der Waals surface area contributed by atoms with Crippen molar-refractivity contribution in [1.29, 1.82) is 0 Å². The van der Waals surface area contributed by atoms with Gasteiger partial charge in [0.05, 0.1) is 0 Å². The number of aryl methyl sites for hydroxylation is 1. The molecule has 0 spiro atoms. The molecule has 4 heteroatoms. The average molecular weight is 425 g/mol. The molecule has 28 heavy (non-hydrogen) atoms. The summed E-state index contributed by atoms with van der Waals surface area (Å²) in [6.07, 6.45) is 13.4. The molecular formula is C24H38Cl2N2. The molecular weight excluding hydrogens is 387 g/mol. The Bertz CT molecular complexity index is 560. The van der Waals surface area contributed by atoms with Crippen molar-refractivity contribution in [3.05, 3.63) is 83.7 Å². The predicted molar refractivity (Wildman–Crippen MR) is 130 cm³/mol. The quantitative estimate of drug-likeness (QED) is 0.301. The number of alkyl halides is 1. The monoisotopic (exact) mass is 424 g/mol. The number of rotatable bonds is 5. The molecule has 1 aromatic carbocycles. The van der Waals surface area contributed by atoms with E-state index in [1.807, 2.05) is 58.0 Å². The zero-order chi connectivity index (χ0) is 21.6. The zero-order valence-corrected chi connectivity index (χ0v) is 19.7. The molecule has 0 amide bonds. The minimum Gasteiger partial charge on any atom is -0.352 e. The van der Waals surface area contributed by atoms with Gasteiger partial charge in [0.25, 0.3) is 0 Å². The van der Waals surface area contributed by atoms with Crippen molar-refractivity contribution in [2.45, 2.75) is 41.0 Å². The second-order valence-electron chi connectivity index (χ2n) is 5.54. The van der Waals surface area contributed by atoms with Crippen LogP contribution in [0, 0.1) is 6.92 Å². The van der Waals surface area contributed by atoms with Gasteiger partial charge in [0.1, 0.15) is 0 Å². The molecule has 1 heterocycles. The highest BCUT2D eigenvalue weighted by Gasteiger charge is 2.06. The van der Waals surface area contributed by atoms with Crippen LogP contribution in [0.15, 0.2) is 73.1 Å². The highest BCUT2D eigenvalue weighted by molar-refractivity contribution is 6.30. The molecule has 1 N–H and O–H groups in total. The minimum atomic E-state index is 0.556. The fraction of sp³-hybridized carbons (Fsp3) is 0.417. The molecule has 1 aliphatic heterocycles. The highest BCUT2D eigenvalue weighted by atomic mass is 35.5. The second kappa shape index (κ2) is 21.8. The molecule has 0 unspecified atom stereocenters. The van der Waals surface area contributed by atoms with E-state index in [-0.39, 0.29) is 0 Å². The van der Waals surface area contributed by atoms with Crippen LogP contribution in [0.25, 0.3) is 0 Å². The van der Waals surface area contributed by atoms with Crippen molar-refractivity contribution >= 4 is 23.2 Å². The van der Waals surface area contributed by atoms with E-state index in [2.05, 4.69) is 48.1 Å². The van der Waals surface area contributed by atoms with Crippen molar-refractivity contribution in [1.82, 2.24) is 10.2 Å². The van der Waals surface area contributed by atoms with Crippen molar-refractivity contribution in [3.63, 3.8) is 0 Å². The minimum absolute atomic E-state index is 0.556. The maximum atomic E-state index is 5.64. The molecule has 2 nitrogen and oxygen atoms in total. The molecule has 0 fully saturated rings. The Morgan fingerprint density at radius 2 is 1.93 bits per heavy atom. The Morgan fingerprint density at radius 1 is 1.25 bits per heavy atom. The highest BCUT2D eigenvalue weighted by Crippen LogP contribution is 2.11. The molecule has 0 radical (unpaired) electrons. The number of nitrogens with one attached hydrogen (secondary N) is 1. The standard InChI is InChI=1S/C12H20N2.C7H7Cl.C3H5Cl.C2H6/c1-3-5-6-11-14(4-2)12-7-9-13-10-8-12;1-6-3-2-4-7(8)5-6;1-2-3-4;1-2/h3,5-7,11,13H,4,8-10H2,1-2H3;2-5H,1H3;2H,1,3H2;1-2H3/b5-3+,11-6+;;;. The van der Waals surface area contributed by atoms with E-state index in [9.17, 15) is 0 Å². The molecule has 158 valence electrons. The van der Waals surface area contributed by atoms with Crippen LogP contribution in [-0.4, -0.2) is 30.4 Å². The van der Waals surface area contributed by atoms with Crippen LogP contribution in [0.2, 0.25) is 5.02 Å². The van der Waals surface area contributed by atoms with Crippen LogP contribution in [0.4, 0.5) is 0 Å². The lowest BCUT2D eigenvalue weighted by Crippen LogP contribution is -2.27. The summed E-state index contributed by atoms with van der Waals surface area (Å²) < 4.78 is 0. The van der Waals surface area contributed by atoms with Crippen LogP contribution in [-0.2, 0) is 0 Å². The number of benzene rings is 1. The number of nitrogens with zero attached hydrogens (tertiary/aromatic N) is 1. The molecule has 0 saturated carbocycles. The predicted octanol–water partition coefficient (Wildman–Crippen LogP) is 7.36. The topological polar surface area (TPSA) is 15.3 Å². The van der Waals surface area contributed by atoms with Gasteiger partial charge in [-0.25, -0.2) is 0 Å². The molecule has 1 aromatic rings. The van der Waals surface area contributed by atoms with Gasteiger partial charge in [0.15, 0.2) is 0 Å². The van der Waals surface area contributed by atoms with Gasteiger partial charge >= 0.3 is 0 Å². The number of hydrogen-bond donors (Lipinski definition) is 1. The van der Waals surface area contributed by atoms with Gasteiger partial charge in [-0.2, -0.15) is 0 Å². The van der Waals surface area contributed by atoms with Crippen LogP contribution in [0.1, 0.15) is 39.7 Å². The summed E-state index contributed by atoms with van der Waals surface area (Å²) in [4.78, 5) is 2.31. The number of halogens is 2. The van der Waals surface area contributed by atoms with Crippen LogP contribution in [0.5, 0.6) is 0 Å². The summed E-state index contributed by atoms with van der Waals surface area (Å²) in [5.41, 5.74) is 2.64. The van der Waals surface area contributed by atoms with E-state index in [1.54, 1.807) is 6.08 Å². The Morgan fingerprint density at radius 3 is 2.32 bits per heavy atom. The first kappa shape index (κ1) is 28.7. The van der Waals surface area contributed by atoms with Crippen LogP contribution in [0.3, 0.4) is 0 Å². The lowest BCUT2D eigenvalue weighted by molar-refractivity contribution is 0.451. The molecule has 0 atom stereocenters. The molecule has 0 bridgehead atoms. The second-order valence-corrected chi connectivity index (χ2v) is 6.29. The van der Waals surface area contributed by atoms with Gasteiger partial charge in [-0.15, -0.1) is 18.2 Å². The first-order chi connectivity index (χ1) is 13.6. The molecule has 0 saturated heterocycles. The normalized spacial score (nSPS) is 12.6. The van der Waals surface area contributed by atoms with Gasteiger partial charge < -0.3 is 10.2 Å². The molecule has 0 aromatic heterocycles. The number of allylic oxidation sites excluding steroid dienone is 4. The van der Waals surface area contributed by atoms with E-state index in [1.165, 1.54) is 11.3 Å². The Labute approximate surface area is 183 Å². The van der Waals surface area contributed by atoms with E-state index < -0.39 is 0 Å². The van der Waals surface area contributed by atoms with Crippen molar-refractivity contribution in [2.24, 2.45) is 0 Å². The third-order valence-corrected chi connectivity index (χ3v) is 3.86. The fourth-order valence-electron chi connectivity index (χ4n) is 2.15. The fourth-order valence-corrected chi connectivity index (χ4v) is 2.39. The van der Waals surface area contributed by atoms with Crippen LogP contribution < -0.4 is 5.32 Å². The third kappa shape index (κ3) is 16.7. The van der Waals surface area contributed by atoms with Gasteiger partial charge in [0.2, 0.25) is 0 Å². The van der Waals surface area contributed by atoms with E-state index in [0.29, 0.717) is 5.88 Å². The van der Waals surface area contributed by atoms with Gasteiger partial charge in [-0.05, 0) is 51.0 Å². The zero-order valence-electron chi connectivity index (χ0n) is 18.2. The average Bonchev–Trinajstić information content (AvgIpc) is 2.74. The smallest absolute Gasteiger partial charge is 0.0408 e. The van der Waals surface area contributed by atoms with E-state index in [4.69, 9.17) is 23.2 Å². The first-order valence-electron chi connectivity index (χ1n) is 9.93. The number of hydrogen-bond acceptors (Lipinski definition) is 2. The Balaban J connectivity index is 0. The maximum Gasteiger partial charge on any atom is 0.0408 e.